The number of halogens is 2. The van der Waals surface area contributed by atoms with Crippen molar-refractivity contribution in [1.82, 2.24) is 0 Å². The molecule has 0 fully saturated rings. The van der Waals surface area contributed by atoms with Crippen LogP contribution in [0, 0.1) is 12.1 Å². The molecule has 0 bridgehead atoms. The molecule has 0 N–H and O–H groups in total. The first-order valence-corrected chi connectivity index (χ1v) is 8.25. The molecule has 0 unspecified atom stereocenters. The second-order valence-electron chi connectivity index (χ2n) is 5.09. The maximum atomic E-state index is 14.8. The molecular formula is C21H17BClFO. The number of allylic oxidation sites excluding steroid dienone is 7. The van der Waals surface area contributed by atoms with Gasteiger partial charge in [-0.15, -0.1) is 0 Å². The molecule has 0 spiro atoms. The molecule has 25 heavy (non-hydrogen) atoms. The number of ether oxygens (including phenoxy) is 1. The molecule has 0 aliphatic heterocycles. The number of hydrogen-bond donors (Lipinski definition) is 0. The summed E-state index contributed by atoms with van der Waals surface area (Å²) in [7, 11) is 1.53. The molecule has 0 aromatic heterocycles. The van der Waals surface area contributed by atoms with Gasteiger partial charge in [-0.3, -0.25) is 0 Å². The first kappa shape index (κ1) is 18.8. The van der Waals surface area contributed by atoms with Crippen LogP contribution >= 0.6 is 11.6 Å². The number of hydrogen-bond acceptors (Lipinski definition) is 1. The molecule has 124 valence electrons. The normalized spacial score (nSPS) is 14.1. The van der Waals surface area contributed by atoms with Crippen molar-refractivity contribution in [2.24, 2.45) is 0 Å². The summed E-state index contributed by atoms with van der Waals surface area (Å²) in [5.41, 5.74) is 6.36. The van der Waals surface area contributed by atoms with E-state index in [9.17, 15) is 4.39 Å². The van der Waals surface area contributed by atoms with Crippen molar-refractivity contribution < 1.29 is 9.13 Å². The van der Waals surface area contributed by atoms with Gasteiger partial charge < -0.3 is 0 Å². The molecule has 1 aromatic carbocycles. The Morgan fingerprint density at radius 1 is 1.44 bits per heavy atom. The fourth-order valence-corrected chi connectivity index (χ4v) is 2.66. The van der Waals surface area contributed by atoms with Crippen LogP contribution in [0.2, 0.25) is 0 Å². The van der Waals surface area contributed by atoms with E-state index in [0.29, 0.717) is 28.9 Å². The summed E-state index contributed by atoms with van der Waals surface area (Å²) in [5.74, 6) is 0.110. The van der Waals surface area contributed by atoms with Crippen LogP contribution in [-0.2, 0) is 4.74 Å². The third kappa shape index (κ3) is 4.12. The summed E-state index contributed by atoms with van der Waals surface area (Å²) in [4.78, 5) is 0. The van der Waals surface area contributed by atoms with Gasteiger partial charge in [0.15, 0.2) is 0 Å². The van der Waals surface area contributed by atoms with Crippen LogP contribution in [-0.4, -0.2) is 26.4 Å². The topological polar surface area (TPSA) is 9.23 Å². The monoisotopic (exact) mass is 350 g/mol. The van der Waals surface area contributed by atoms with Gasteiger partial charge in [0, 0.05) is 0 Å². The third-order valence-corrected chi connectivity index (χ3v) is 3.80. The molecular weight excluding hydrogens is 333 g/mol. The molecule has 1 aromatic rings. The van der Waals surface area contributed by atoms with Gasteiger partial charge in [-0.1, -0.05) is 0 Å². The number of fused-ring (bicyclic) bond motifs is 1. The average molecular weight is 351 g/mol. The minimum absolute atomic E-state index is 0.0658. The molecule has 0 saturated heterocycles. The molecule has 1 aliphatic rings. The van der Waals surface area contributed by atoms with E-state index in [1.165, 1.54) is 13.2 Å². The van der Waals surface area contributed by atoms with Gasteiger partial charge in [-0.25, -0.2) is 0 Å². The Morgan fingerprint density at radius 2 is 2.24 bits per heavy atom. The van der Waals surface area contributed by atoms with E-state index >= 15 is 0 Å². The van der Waals surface area contributed by atoms with Crippen molar-refractivity contribution >= 4 is 36.0 Å². The second-order valence-corrected chi connectivity index (χ2v) is 5.40. The Bertz CT molecular complexity index is 839. The summed E-state index contributed by atoms with van der Waals surface area (Å²) in [6.45, 7) is 9.22. The van der Waals surface area contributed by atoms with Crippen molar-refractivity contribution in [1.29, 1.82) is 0 Å². The molecule has 0 saturated carbocycles. The zero-order chi connectivity index (χ0) is 18.2. The molecule has 1 aliphatic carbocycles. The van der Waals surface area contributed by atoms with Crippen molar-refractivity contribution in [3.8, 4) is 0 Å². The van der Waals surface area contributed by atoms with Crippen LogP contribution in [0.1, 0.15) is 17.5 Å². The molecule has 0 heterocycles. The van der Waals surface area contributed by atoms with Crippen molar-refractivity contribution in [2.45, 2.75) is 6.42 Å². The van der Waals surface area contributed by atoms with Crippen molar-refractivity contribution in [3.05, 3.63) is 89.2 Å². The molecule has 0 amide bonds. The van der Waals surface area contributed by atoms with Crippen molar-refractivity contribution in [3.63, 3.8) is 0 Å². The minimum atomic E-state index is -0.431. The summed E-state index contributed by atoms with van der Waals surface area (Å²) < 4.78 is 20.3. The predicted octanol–water partition coefficient (Wildman–Crippen LogP) is 4.88. The second kappa shape index (κ2) is 9.09. The number of rotatable bonds is 7. The van der Waals surface area contributed by atoms with E-state index in [1.54, 1.807) is 31.2 Å². The van der Waals surface area contributed by atoms with Crippen LogP contribution in [0.25, 0.3) is 11.0 Å². The zero-order valence-electron chi connectivity index (χ0n) is 14.0. The van der Waals surface area contributed by atoms with Crippen LogP contribution in [0.5, 0.6) is 0 Å². The van der Waals surface area contributed by atoms with E-state index in [-0.39, 0.29) is 5.88 Å². The van der Waals surface area contributed by atoms with E-state index in [0.717, 1.165) is 11.0 Å². The number of methoxy groups -OCH3 is 1. The third-order valence-electron chi connectivity index (χ3n) is 3.64. The van der Waals surface area contributed by atoms with Gasteiger partial charge in [0.25, 0.3) is 0 Å². The molecule has 4 heteroatoms. The maximum absolute atomic E-state index is 14.8. The fourth-order valence-electron chi connectivity index (χ4n) is 2.52. The molecule has 0 radical (unpaired) electrons. The van der Waals surface area contributed by atoms with Crippen LogP contribution in [0.3, 0.4) is 0 Å². The first-order chi connectivity index (χ1) is 12.2. The van der Waals surface area contributed by atoms with Crippen LogP contribution in [0.15, 0.2) is 65.9 Å². The number of alkyl halides is 1. The summed E-state index contributed by atoms with van der Waals surface area (Å²) in [6, 6.07) is 9.63. The van der Waals surface area contributed by atoms with E-state index in [2.05, 4.69) is 30.9 Å². The summed E-state index contributed by atoms with van der Waals surface area (Å²) >= 11 is 5.70. The molecule has 0 atom stereocenters. The average Bonchev–Trinajstić information content (AvgIpc) is 2.79. The van der Waals surface area contributed by atoms with E-state index in [1.807, 2.05) is 6.07 Å². The first-order valence-electron chi connectivity index (χ1n) is 7.71. The van der Waals surface area contributed by atoms with Gasteiger partial charge in [-0.2, -0.15) is 0 Å². The standard InChI is InChI=1S/C21H17BClFO/c1-4-5-8-17(19(24)13-14-23)21-16-10-7-6-9-15(16)18(22-2)11-12-20(21)25-3/h4,6,8-9,12-13H,1-2,5,14H2,3H3/b17-8+,19-13+. The quantitative estimate of drug-likeness (QED) is 0.224. The Morgan fingerprint density at radius 3 is 2.88 bits per heavy atom. The summed E-state index contributed by atoms with van der Waals surface area (Å²) in [5, 5.41) is 0. The van der Waals surface area contributed by atoms with Crippen LogP contribution in [0.4, 0.5) is 4.39 Å². The predicted molar refractivity (Wildman–Crippen MR) is 105 cm³/mol. The van der Waals surface area contributed by atoms with Crippen LogP contribution < -0.4 is 0 Å². The van der Waals surface area contributed by atoms with E-state index in [4.69, 9.17) is 16.3 Å². The van der Waals surface area contributed by atoms with Gasteiger partial charge >= 0.3 is 154 Å². The van der Waals surface area contributed by atoms with E-state index < -0.39 is 5.83 Å². The van der Waals surface area contributed by atoms with Gasteiger partial charge in [0.1, 0.15) is 0 Å². The SMILES string of the molecule is C=BC1=C=CC(OC)=C(C(=C/CC=C)/C(F)=C\CCl)c2c#cccc21. The molecule has 2 rings (SSSR count). The molecule has 1 nitrogen and oxygen atoms in total. The Balaban J connectivity index is 2.83. The van der Waals surface area contributed by atoms with Crippen molar-refractivity contribution in [2.75, 3.05) is 13.0 Å². The van der Waals surface area contributed by atoms with Gasteiger partial charge in [0.05, 0.1) is 0 Å². The Labute approximate surface area is 154 Å². The zero-order valence-corrected chi connectivity index (χ0v) is 14.8. The Hall–Kier alpha value is -2.53. The fraction of sp³-hybridized carbons (Fsp3) is 0.143. The van der Waals surface area contributed by atoms with Gasteiger partial charge in [0.2, 0.25) is 0 Å². The summed E-state index contributed by atoms with van der Waals surface area (Å²) in [6.07, 6.45) is 6.94. The van der Waals surface area contributed by atoms with Gasteiger partial charge in [-0.05, 0) is 0 Å². The Kier molecular flexibility index (Phi) is 6.84.